The lowest BCUT2D eigenvalue weighted by molar-refractivity contribution is -0.141. The quantitative estimate of drug-likeness (QED) is 0.801. The second-order valence-corrected chi connectivity index (χ2v) is 4.69. The lowest BCUT2D eigenvalue weighted by Gasteiger charge is -2.18. The Morgan fingerprint density at radius 3 is 2.60 bits per heavy atom. The van der Waals surface area contributed by atoms with Gasteiger partial charge in [-0.15, -0.1) is 0 Å². The summed E-state index contributed by atoms with van der Waals surface area (Å²) in [6.45, 7) is 1.54. The van der Waals surface area contributed by atoms with E-state index in [0.29, 0.717) is 5.75 Å². The zero-order valence-electron chi connectivity index (χ0n) is 8.64. The fraction of sp³-hybridized carbons (Fsp3) is 0.364. The molecule has 0 bridgehead atoms. The number of hydrogen-bond acceptors (Lipinski definition) is 3. The molecule has 0 saturated carbocycles. The van der Waals surface area contributed by atoms with Gasteiger partial charge >= 0.3 is 5.97 Å². The fourth-order valence-electron chi connectivity index (χ4n) is 1.02. The highest BCUT2D eigenvalue weighted by Gasteiger charge is 2.27. The van der Waals surface area contributed by atoms with Crippen LogP contribution in [0.15, 0.2) is 30.3 Å². The van der Waals surface area contributed by atoms with E-state index in [2.05, 4.69) is 0 Å². The number of thioether (sulfide) groups is 1. The molecule has 3 N–H and O–H groups in total. The number of carboxylic acid groups (broad SMARTS) is 1. The van der Waals surface area contributed by atoms with Crippen LogP contribution in [-0.2, 0) is 10.5 Å². The molecule has 1 aromatic carbocycles. The minimum Gasteiger partial charge on any atom is -0.480 e. The molecule has 15 heavy (non-hydrogen) atoms. The Labute approximate surface area is 93.7 Å². The highest BCUT2D eigenvalue weighted by atomic mass is 32.2. The molecule has 3 nitrogen and oxygen atoms in total. The topological polar surface area (TPSA) is 63.3 Å². The summed E-state index contributed by atoms with van der Waals surface area (Å²) in [6, 6.07) is 9.92. The first-order valence-electron chi connectivity index (χ1n) is 4.66. The molecule has 0 aliphatic carbocycles. The number of aliphatic carboxylic acids is 1. The molecule has 0 aliphatic heterocycles. The molecule has 0 heterocycles. The SMILES string of the molecule is C[C@@](N)(CSCc1ccccc1)C(=O)O. The van der Waals surface area contributed by atoms with E-state index < -0.39 is 11.5 Å². The third-order valence-electron chi connectivity index (χ3n) is 2.00. The van der Waals surface area contributed by atoms with Crippen molar-refractivity contribution in [3.8, 4) is 0 Å². The summed E-state index contributed by atoms with van der Waals surface area (Å²) >= 11 is 1.54. The monoisotopic (exact) mass is 225 g/mol. The Morgan fingerprint density at radius 1 is 1.47 bits per heavy atom. The van der Waals surface area contributed by atoms with Crippen LogP contribution in [0.1, 0.15) is 12.5 Å². The average Bonchev–Trinajstić information content (AvgIpc) is 2.19. The van der Waals surface area contributed by atoms with Crippen molar-refractivity contribution in [1.29, 1.82) is 0 Å². The van der Waals surface area contributed by atoms with Crippen molar-refractivity contribution in [2.45, 2.75) is 18.2 Å². The molecule has 0 spiro atoms. The largest absolute Gasteiger partial charge is 0.480 e. The molecular formula is C11H15NO2S. The predicted molar refractivity (Wildman–Crippen MR) is 62.8 cm³/mol. The Morgan fingerprint density at radius 2 is 2.07 bits per heavy atom. The van der Waals surface area contributed by atoms with Gasteiger partial charge in [0.15, 0.2) is 0 Å². The van der Waals surface area contributed by atoms with E-state index in [0.717, 1.165) is 5.75 Å². The highest BCUT2D eigenvalue weighted by Crippen LogP contribution is 2.16. The fourth-order valence-corrected chi connectivity index (χ4v) is 2.09. The molecule has 1 atom stereocenters. The Bertz CT molecular complexity index is 325. The summed E-state index contributed by atoms with van der Waals surface area (Å²) in [4.78, 5) is 10.7. The summed E-state index contributed by atoms with van der Waals surface area (Å²) in [5.74, 6) is 0.251. The van der Waals surface area contributed by atoms with Crippen LogP contribution in [0, 0.1) is 0 Å². The summed E-state index contributed by atoms with van der Waals surface area (Å²) < 4.78 is 0. The van der Waals surface area contributed by atoms with Crippen LogP contribution in [0.25, 0.3) is 0 Å². The maximum atomic E-state index is 10.7. The molecule has 82 valence electrons. The smallest absolute Gasteiger partial charge is 0.324 e. The number of carbonyl (C=O) groups is 1. The summed E-state index contributed by atoms with van der Waals surface area (Å²) in [5, 5.41) is 8.80. The number of rotatable bonds is 5. The van der Waals surface area contributed by atoms with E-state index in [1.165, 1.54) is 24.2 Å². The number of benzene rings is 1. The van der Waals surface area contributed by atoms with Crippen molar-refractivity contribution in [2.24, 2.45) is 5.73 Å². The van der Waals surface area contributed by atoms with Crippen LogP contribution in [0.4, 0.5) is 0 Å². The van der Waals surface area contributed by atoms with E-state index in [4.69, 9.17) is 10.8 Å². The first kappa shape index (κ1) is 12.1. The highest BCUT2D eigenvalue weighted by molar-refractivity contribution is 7.98. The van der Waals surface area contributed by atoms with Gasteiger partial charge in [0, 0.05) is 11.5 Å². The van der Waals surface area contributed by atoms with Crippen LogP contribution < -0.4 is 5.73 Å². The minimum absolute atomic E-state index is 0.414. The lowest BCUT2D eigenvalue weighted by atomic mass is 10.1. The summed E-state index contributed by atoms with van der Waals surface area (Å²) in [5.41, 5.74) is 5.65. The van der Waals surface area contributed by atoms with E-state index in [1.807, 2.05) is 30.3 Å². The summed E-state index contributed by atoms with van der Waals surface area (Å²) in [6.07, 6.45) is 0. The Hall–Kier alpha value is -1.00. The molecular weight excluding hydrogens is 210 g/mol. The predicted octanol–water partition coefficient (Wildman–Crippen LogP) is 1.72. The molecule has 0 fully saturated rings. The molecule has 4 heteroatoms. The normalized spacial score (nSPS) is 14.5. The molecule has 0 aromatic heterocycles. The maximum absolute atomic E-state index is 10.7. The molecule has 1 aromatic rings. The van der Waals surface area contributed by atoms with Gasteiger partial charge in [-0.25, -0.2) is 0 Å². The standard InChI is InChI=1S/C11H15NO2S/c1-11(12,10(13)14)8-15-7-9-5-3-2-4-6-9/h2-6H,7-8,12H2,1H3,(H,13,14)/t11-/m1/s1. The zero-order valence-corrected chi connectivity index (χ0v) is 9.46. The van der Waals surface area contributed by atoms with Gasteiger partial charge < -0.3 is 10.8 Å². The molecule has 0 radical (unpaired) electrons. The molecule has 0 unspecified atom stereocenters. The molecule has 0 aliphatic rings. The van der Waals surface area contributed by atoms with Gasteiger partial charge in [-0.3, -0.25) is 4.79 Å². The third kappa shape index (κ3) is 3.93. The van der Waals surface area contributed by atoms with Crippen LogP contribution in [0.5, 0.6) is 0 Å². The van der Waals surface area contributed by atoms with Crippen LogP contribution in [-0.4, -0.2) is 22.4 Å². The average molecular weight is 225 g/mol. The van der Waals surface area contributed by atoms with Gasteiger partial charge in [-0.05, 0) is 12.5 Å². The number of hydrogen-bond donors (Lipinski definition) is 2. The van der Waals surface area contributed by atoms with Gasteiger partial charge in [0.05, 0.1) is 0 Å². The lowest BCUT2D eigenvalue weighted by Crippen LogP contribution is -2.47. The second-order valence-electron chi connectivity index (χ2n) is 3.70. The Kier molecular flexibility index (Phi) is 4.17. The van der Waals surface area contributed by atoms with Gasteiger partial charge in [-0.2, -0.15) is 11.8 Å². The molecule has 0 amide bonds. The van der Waals surface area contributed by atoms with Gasteiger partial charge in [0.1, 0.15) is 5.54 Å². The van der Waals surface area contributed by atoms with Crippen molar-refractivity contribution >= 4 is 17.7 Å². The molecule has 0 saturated heterocycles. The van der Waals surface area contributed by atoms with Gasteiger partial charge in [0.2, 0.25) is 0 Å². The number of carboxylic acids is 1. The first-order valence-corrected chi connectivity index (χ1v) is 5.82. The van der Waals surface area contributed by atoms with Crippen molar-refractivity contribution in [3.63, 3.8) is 0 Å². The minimum atomic E-state index is -1.14. The van der Waals surface area contributed by atoms with E-state index in [1.54, 1.807) is 0 Å². The van der Waals surface area contributed by atoms with Crippen LogP contribution in [0.3, 0.4) is 0 Å². The van der Waals surface area contributed by atoms with Crippen molar-refractivity contribution in [2.75, 3.05) is 5.75 Å². The molecule has 1 rings (SSSR count). The van der Waals surface area contributed by atoms with Crippen LogP contribution >= 0.6 is 11.8 Å². The zero-order chi connectivity index (χ0) is 11.3. The van der Waals surface area contributed by atoms with E-state index in [-0.39, 0.29) is 0 Å². The van der Waals surface area contributed by atoms with Gasteiger partial charge in [0.25, 0.3) is 0 Å². The third-order valence-corrected chi connectivity index (χ3v) is 3.34. The van der Waals surface area contributed by atoms with Crippen LogP contribution in [0.2, 0.25) is 0 Å². The Balaban J connectivity index is 2.37. The van der Waals surface area contributed by atoms with Crippen molar-refractivity contribution in [3.05, 3.63) is 35.9 Å². The van der Waals surface area contributed by atoms with E-state index in [9.17, 15) is 4.79 Å². The maximum Gasteiger partial charge on any atom is 0.324 e. The van der Waals surface area contributed by atoms with Crippen molar-refractivity contribution in [1.82, 2.24) is 0 Å². The van der Waals surface area contributed by atoms with E-state index >= 15 is 0 Å². The van der Waals surface area contributed by atoms with Crippen molar-refractivity contribution < 1.29 is 9.90 Å². The van der Waals surface area contributed by atoms with Gasteiger partial charge in [-0.1, -0.05) is 30.3 Å². The second kappa shape index (κ2) is 5.19. The number of nitrogens with two attached hydrogens (primary N) is 1. The first-order chi connectivity index (χ1) is 7.02. The summed E-state index contributed by atoms with van der Waals surface area (Å²) in [7, 11) is 0.